The average molecular weight is 951 g/mol. The third-order valence-corrected chi connectivity index (χ3v) is 15.3. The van der Waals surface area contributed by atoms with E-state index in [9.17, 15) is 0 Å². The zero-order chi connectivity index (χ0) is 49.9. The van der Waals surface area contributed by atoms with Gasteiger partial charge < -0.3 is 18.9 Å². The van der Waals surface area contributed by atoms with Gasteiger partial charge in [-0.2, -0.15) is 0 Å². The number of benzene rings is 11. The van der Waals surface area contributed by atoms with E-state index in [1.54, 1.807) is 0 Å². The number of para-hydroxylation sites is 4. The lowest BCUT2D eigenvalue weighted by atomic mass is 9.84. The number of aromatic nitrogens is 2. The molecule has 0 saturated carbocycles. The smallest absolute Gasteiger partial charge is 0.0540 e. The minimum absolute atomic E-state index is 1.10. The van der Waals surface area contributed by atoms with Crippen LogP contribution in [0.1, 0.15) is 22.5 Å². The van der Waals surface area contributed by atoms with E-state index in [-0.39, 0.29) is 0 Å². The molecule has 11 aromatic carbocycles. The summed E-state index contributed by atoms with van der Waals surface area (Å²) >= 11 is 0. The maximum absolute atomic E-state index is 2.49. The summed E-state index contributed by atoms with van der Waals surface area (Å²) in [6.07, 6.45) is 0. The second-order valence-electron chi connectivity index (χ2n) is 19.4. The van der Waals surface area contributed by atoms with Crippen molar-refractivity contribution >= 4 is 77.5 Å². The van der Waals surface area contributed by atoms with Crippen LogP contribution in [0.15, 0.2) is 255 Å². The highest BCUT2D eigenvalue weighted by atomic mass is 15.1. The molecule has 0 N–H and O–H groups in total. The monoisotopic (exact) mass is 950 g/mol. The Labute approximate surface area is 432 Å². The highest BCUT2D eigenvalue weighted by Gasteiger charge is 2.24. The van der Waals surface area contributed by atoms with E-state index in [1.165, 1.54) is 88.1 Å². The van der Waals surface area contributed by atoms with Crippen molar-refractivity contribution < 1.29 is 0 Å². The quantitative estimate of drug-likeness (QED) is 0.127. The standard InChI is InChI=1S/C70H54N4/c1-47-49(3)71(57-35-39-59(40-36-57)73(53-27-15-7-16-28-53)54-29-17-8-18-30-54)67-45-65-63(43-61(47)67)69(51-23-11-5-12-24-51)66-46-68-62(44-64(66)70(65)52-25-13-6-14-26-52)48(2)50(4)72(68)58-37-41-60(42-38-58)74(55-31-19-9-20-32-55)56-33-21-10-22-34-56/h5-46H,1-4H3. The first-order chi connectivity index (χ1) is 36.4. The molecule has 74 heavy (non-hydrogen) atoms. The second kappa shape index (κ2) is 18.3. The van der Waals surface area contributed by atoms with Gasteiger partial charge in [0.05, 0.1) is 11.0 Å². The zero-order valence-corrected chi connectivity index (χ0v) is 42.0. The SMILES string of the molecule is Cc1c(C)n(-c2ccc(N(c3ccccc3)c3ccccc3)cc2)c2cc3c(-c4ccccc4)c4cc5c(C)c(C)n(-c6ccc(N(c7ccccc7)c7ccccc7)cc6)c5cc4c(-c4ccccc4)c3cc12. The van der Waals surface area contributed by atoms with Crippen LogP contribution in [0.2, 0.25) is 0 Å². The first-order valence-electron chi connectivity index (χ1n) is 25.6. The van der Waals surface area contributed by atoms with Crippen molar-refractivity contribution in [3.05, 3.63) is 277 Å². The van der Waals surface area contributed by atoms with Crippen molar-refractivity contribution in [3.63, 3.8) is 0 Å². The second-order valence-corrected chi connectivity index (χ2v) is 19.4. The van der Waals surface area contributed by atoms with Gasteiger partial charge in [-0.3, -0.25) is 0 Å². The molecule has 0 spiro atoms. The van der Waals surface area contributed by atoms with Crippen molar-refractivity contribution in [2.75, 3.05) is 9.80 Å². The Hall–Kier alpha value is -9.38. The maximum atomic E-state index is 2.49. The lowest BCUT2D eigenvalue weighted by Crippen LogP contribution is -2.09. The summed E-state index contributed by atoms with van der Waals surface area (Å²) in [6.45, 7) is 9.11. The van der Waals surface area contributed by atoms with Crippen LogP contribution < -0.4 is 9.80 Å². The molecule has 0 aliphatic rings. The Morgan fingerprint density at radius 1 is 0.257 bits per heavy atom. The largest absolute Gasteiger partial charge is 0.314 e. The molecule has 2 heterocycles. The van der Waals surface area contributed by atoms with E-state index < -0.39 is 0 Å². The molecule has 2 aromatic heterocycles. The Bertz CT molecular complexity index is 3810. The molecule has 0 aliphatic carbocycles. The molecule has 13 aromatic rings. The van der Waals surface area contributed by atoms with Crippen LogP contribution in [0.5, 0.6) is 0 Å². The molecule has 13 rings (SSSR count). The third kappa shape index (κ3) is 7.45. The number of nitrogens with zero attached hydrogens (tertiary/aromatic N) is 4. The van der Waals surface area contributed by atoms with Crippen LogP contribution in [0.25, 0.3) is 77.0 Å². The summed E-state index contributed by atoms with van der Waals surface area (Å²) in [4.78, 5) is 4.64. The van der Waals surface area contributed by atoms with Crippen LogP contribution in [0.4, 0.5) is 34.1 Å². The topological polar surface area (TPSA) is 16.3 Å². The van der Waals surface area contributed by atoms with Gasteiger partial charge in [0.2, 0.25) is 0 Å². The Morgan fingerprint density at radius 3 is 0.811 bits per heavy atom. The van der Waals surface area contributed by atoms with E-state index in [0.717, 1.165) is 45.5 Å². The summed E-state index contributed by atoms with van der Waals surface area (Å²) < 4.78 is 4.93. The minimum Gasteiger partial charge on any atom is -0.314 e. The number of aryl methyl sites for hydroxylation is 2. The van der Waals surface area contributed by atoms with E-state index >= 15 is 0 Å². The summed E-state index contributed by atoms with van der Waals surface area (Å²) in [5.41, 5.74) is 21.2. The average Bonchev–Trinajstić information content (AvgIpc) is 3.85. The summed E-state index contributed by atoms with van der Waals surface area (Å²) in [7, 11) is 0. The first-order valence-corrected chi connectivity index (χ1v) is 25.6. The van der Waals surface area contributed by atoms with Gasteiger partial charge in [-0.05, 0) is 204 Å². The van der Waals surface area contributed by atoms with E-state index in [0.29, 0.717) is 0 Å². The molecular formula is C70H54N4. The molecule has 0 atom stereocenters. The molecular weight excluding hydrogens is 897 g/mol. The summed E-state index contributed by atoms with van der Waals surface area (Å²) in [5, 5.41) is 7.44. The van der Waals surface area contributed by atoms with Gasteiger partial charge in [0.15, 0.2) is 0 Å². The van der Waals surface area contributed by atoms with Gasteiger partial charge in [-0.1, -0.05) is 133 Å². The highest BCUT2D eigenvalue weighted by Crippen LogP contribution is 2.48. The van der Waals surface area contributed by atoms with E-state index in [1.807, 2.05) is 0 Å². The zero-order valence-electron chi connectivity index (χ0n) is 42.0. The fraction of sp³-hybridized carbons (Fsp3) is 0.0571. The van der Waals surface area contributed by atoms with Crippen LogP contribution in [0, 0.1) is 27.7 Å². The Kier molecular flexibility index (Phi) is 11.0. The van der Waals surface area contributed by atoms with Crippen molar-refractivity contribution in [2.45, 2.75) is 27.7 Å². The molecule has 4 nitrogen and oxygen atoms in total. The Balaban J connectivity index is 1.03. The number of rotatable bonds is 10. The van der Waals surface area contributed by atoms with E-state index in [2.05, 4.69) is 301 Å². The normalized spacial score (nSPS) is 11.5. The summed E-state index contributed by atoms with van der Waals surface area (Å²) in [5.74, 6) is 0. The number of hydrogen-bond acceptors (Lipinski definition) is 2. The van der Waals surface area contributed by atoms with Crippen LogP contribution in [0.3, 0.4) is 0 Å². The first kappa shape index (κ1) is 44.6. The summed E-state index contributed by atoms with van der Waals surface area (Å²) in [6, 6.07) is 92.6. The highest BCUT2D eigenvalue weighted by molar-refractivity contribution is 6.25. The van der Waals surface area contributed by atoms with Gasteiger partial charge in [0.1, 0.15) is 0 Å². The predicted octanol–water partition coefficient (Wildman–Crippen LogP) is 19.4. The molecule has 0 bridgehead atoms. The van der Waals surface area contributed by atoms with Crippen LogP contribution >= 0.6 is 0 Å². The van der Waals surface area contributed by atoms with Crippen LogP contribution in [-0.4, -0.2) is 9.13 Å². The predicted molar refractivity (Wildman–Crippen MR) is 314 cm³/mol. The molecule has 0 saturated heterocycles. The molecule has 0 unspecified atom stereocenters. The lowest BCUT2D eigenvalue weighted by Gasteiger charge is -2.25. The van der Waals surface area contributed by atoms with Gasteiger partial charge in [-0.15, -0.1) is 0 Å². The fourth-order valence-electron chi connectivity index (χ4n) is 11.6. The van der Waals surface area contributed by atoms with Gasteiger partial charge in [0, 0.05) is 67.7 Å². The van der Waals surface area contributed by atoms with Crippen LogP contribution in [-0.2, 0) is 0 Å². The third-order valence-electron chi connectivity index (χ3n) is 15.3. The van der Waals surface area contributed by atoms with Crippen molar-refractivity contribution in [1.82, 2.24) is 9.13 Å². The molecule has 0 aliphatic heterocycles. The van der Waals surface area contributed by atoms with Crippen molar-refractivity contribution in [3.8, 4) is 33.6 Å². The molecule has 354 valence electrons. The van der Waals surface area contributed by atoms with Gasteiger partial charge in [0.25, 0.3) is 0 Å². The van der Waals surface area contributed by atoms with Gasteiger partial charge in [-0.25, -0.2) is 0 Å². The maximum Gasteiger partial charge on any atom is 0.0540 e. The lowest BCUT2D eigenvalue weighted by molar-refractivity contribution is 1.04. The fourth-order valence-corrected chi connectivity index (χ4v) is 11.6. The number of hydrogen-bond donors (Lipinski definition) is 0. The van der Waals surface area contributed by atoms with Crippen molar-refractivity contribution in [2.24, 2.45) is 0 Å². The van der Waals surface area contributed by atoms with Crippen molar-refractivity contribution in [1.29, 1.82) is 0 Å². The molecule has 4 heteroatoms. The molecule has 0 amide bonds. The number of anilines is 6. The van der Waals surface area contributed by atoms with E-state index in [4.69, 9.17) is 0 Å². The number of fused-ring (bicyclic) bond motifs is 4. The molecule has 0 radical (unpaired) electrons. The Morgan fingerprint density at radius 2 is 0.514 bits per heavy atom. The van der Waals surface area contributed by atoms with Gasteiger partial charge >= 0.3 is 0 Å². The molecule has 0 fully saturated rings. The minimum atomic E-state index is 1.10.